The maximum Gasteiger partial charge on any atom is 0.326 e. The van der Waals surface area contributed by atoms with Gasteiger partial charge in [-0.3, -0.25) is 28.8 Å². The number of carboxylic acid groups (broad SMARTS) is 4. The van der Waals surface area contributed by atoms with Crippen LogP contribution in [0.3, 0.4) is 0 Å². The molecule has 0 radical (unpaired) electrons. The van der Waals surface area contributed by atoms with E-state index in [2.05, 4.69) is 10.6 Å². The van der Waals surface area contributed by atoms with Crippen molar-refractivity contribution in [2.24, 2.45) is 5.73 Å². The van der Waals surface area contributed by atoms with Gasteiger partial charge in [0.05, 0.1) is 18.9 Å². The van der Waals surface area contributed by atoms with Crippen LogP contribution in [0.15, 0.2) is 0 Å². The molecule has 9 N–H and O–H groups in total. The van der Waals surface area contributed by atoms with Gasteiger partial charge in [0.2, 0.25) is 17.7 Å². The average Bonchev–Trinajstić information content (AvgIpc) is 2.71. The van der Waals surface area contributed by atoms with Gasteiger partial charge in [0.25, 0.3) is 0 Å². The minimum Gasteiger partial charge on any atom is -0.481 e. The zero-order valence-corrected chi connectivity index (χ0v) is 19.0. The Kier molecular flexibility index (Phi) is 13.9. The number of carbonyl (C=O) groups excluding carboxylic acids is 3. The first kappa shape index (κ1) is 30.6. The number of carbonyl (C=O) groups is 7. The number of hydrogen-bond donors (Lipinski definition) is 8. The van der Waals surface area contributed by atoms with Crippen molar-refractivity contribution < 1.29 is 54.0 Å². The van der Waals surface area contributed by atoms with Crippen molar-refractivity contribution in [3.05, 3.63) is 0 Å². The maximum absolute atomic E-state index is 12.6. The number of rotatable bonds is 17. The summed E-state index contributed by atoms with van der Waals surface area (Å²) in [5.74, 6) is -8.49. The first-order valence-electron chi connectivity index (χ1n) is 9.82. The van der Waals surface area contributed by atoms with E-state index in [1.807, 2.05) is 5.32 Å². The smallest absolute Gasteiger partial charge is 0.326 e. The van der Waals surface area contributed by atoms with Gasteiger partial charge in [-0.1, -0.05) is 0 Å². The minimum absolute atomic E-state index is 0.00369. The molecule has 0 rings (SSSR count). The molecule has 0 aliphatic carbocycles. The van der Waals surface area contributed by atoms with Crippen LogP contribution in [-0.2, 0) is 33.6 Å². The normalized spacial score (nSPS) is 14.1. The molecule has 4 unspecified atom stereocenters. The molecular weight excluding hydrogens is 480 g/mol. The van der Waals surface area contributed by atoms with Crippen LogP contribution in [0.5, 0.6) is 0 Å². The third kappa shape index (κ3) is 12.6. The highest BCUT2D eigenvalue weighted by Crippen LogP contribution is 2.06. The topological polar surface area (TPSA) is 263 Å². The Bertz CT molecular complexity index is 792. The lowest BCUT2D eigenvalue weighted by Crippen LogP contribution is -2.57. The maximum atomic E-state index is 12.6. The molecule has 0 spiro atoms. The summed E-state index contributed by atoms with van der Waals surface area (Å²) in [6, 6.07) is -6.17. The predicted molar refractivity (Wildman–Crippen MR) is 116 cm³/mol. The molecule has 0 saturated heterocycles. The Balaban J connectivity index is 5.49. The van der Waals surface area contributed by atoms with Crippen LogP contribution in [0.4, 0.5) is 0 Å². The van der Waals surface area contributed by atoms with Crippen LogP contribution in [0.1, 0.15) is 32.1 Å². The van der Waals surface area contributed by atoms with Crippen molar-refractivity contribution >= 4 is 53.4 Å². The lowest BCUT2D eigenvalue weighted by Gasteiger charge is -2.24. The molecule has 0 aromatic carbocycles. The molecule has 15 nitrogen and oxygen atoms in total. The molecule has 192 valence electrons. The fourth-order valence-electron chi connectivity index (χ4n) is 2.52. The molecule has 0 aromatic rings. The van der Waals surface area contributed by atoms with Crippen LogP contribution in [0.25, 0.3) is 0 Å². The summed E-state index contributed by atoms with van der Waals surface area (Å²) in [5.41, 5.74) is 5.41. The Morgan fingerprint density at radius 2 is 1.21 bits per heavy atom. The van der Waals surface area contributed by atoms with E-state index in [1.54, 1.807) is 6.26 Å². The number of thioether (sulfide) groups is 1. The molecule has 3 amide bonds. The molecule has 0 aliphatic heterocycles. The summed E-state index contributed by atoms with van der Waals surface area (Å²) in [6.45, 7) is 0. The zero-order valence-electron chi connectivity index (χ0n) is 18.2. The molecule has 0 bridgehead atoms. The lowest BCUT2D eigenvalue weighted by molar-refractivity contribution is -0.144. The quantitative estimate of drug-likeness (QED) is 0.100. The number of carboxylic acids is 4. The third-order valence-corrected chi connectivity index (χ3v) is 4.89. The van der Waals surface area contributed by atoms with E-state index >= 15 is 0 Å². The van der Waals surface area contributed by atoms with Crippen LogP contribution < -0.4 is 21.7 Å². The fourth-order valence-corrected chi connectivity index (χ4v) is 2.99. The molecule has 16 heteroatoms. The summed E-state index contributed by atoms with van der Waals surface area (Å²) in [5, 5.41) is 42.1. The van der Waals surface area contributed by atoms with Crippen LogP contribution >= 0.6 is 11.8 Å². The first-order valence-corrected chi connectivity index (χ1v) is 11.2. The van der Waals surface area contributed by atoms with Gasteiger partial charge in [-0.25, -0.2) is 4.79 Å². The van der Waals surface area contributed by atoms with Crippen molar-refractivity contribution in [2.75, 3.05) is 12.0 Å². The van der Waals surface area contributed by atoms with Crippen LogP contribution in [-0.4, -0.2) is 98.2 Å². The number of nitrogens with one attached hydrogen (secondary N) is 3. The van der Waals surface area contributed by atoms with Crippen LogP contribution in [0, 0.1) is 0 Å². The standard InChI is InChI=1S/C18H28N4O11S/c1-34-5-4-9(16(30)21-10(18(32)33)2-3-12(23)24)20-17(31)11(7-14(27)28)22-15(29)8(19)6-13(25)26/h8-11H,2-7,19H2,1H3,(H,20,31)(H,21,30)(H,22,29)(H,23,24)(H,25,26)(H,27,28)(H,32,33). The van der Waals surface area contributed by atoms with E-state index in [-0.39, 0.29) is 6.42 Å². The average molecular weight is 509 g/mol. The molecule has 0 aliphatic rings. The Labute approximate surface area is 197 Å². The highest BCUT2D eigenvalue weighted by molar-refractivity contribution is 7.98. The molecule has 34 heavy (non-hydrogen) atoms. The number of aliphatic carboxylic acids is 4. The molecule has 0 aromatic heterocycles. The van der Waals surface area contributed by atoms with E-state index in [1.165, 1.54) is 11.8 Å². The van der Waals surface area contributed by atoms with Crippen molar-refractivity contribution in [1.29, 1.82) is 0 Å². The molecule has 0 heterocycles. The summed E-state index contributed by atoms with van der Waals surface area (Å²) >= 11 is 1.29. The van der Waals surface area contributed by atoms with Gasteiger partial charge in [-0.15, -0.1) is 0 Å². The second-order valence-corrected chi connectivity index (χ2v) is 8.02. The SMILES string of the molecule is CSCCC(NC(=O)C(CC(=O)O)NC(=O)C(N)CC(=O)O)C(=O)NC(CCC(=O)O)C(=O)O. The number of amides is 3. The van der Waals surface area contributed by atoms with Gasteiger partial charge in [0, 0.05) is 6.42 Å². The van der Waals surface area contributed by atoms with E-state index in [4.69, 9.17) is 21.1 Å². The largest absolute Gasteiger partial charge is 0.481 e. The Morgan fingerprint density at radius 1 is 0.706 bits per heavy atom. The second kappa shape index (κ2) is 15.4. The van der Waals surface area contributed by atoms with Gasteiger partial charge in [-0.05, 0) is 24.9 Å². The Hall–Kier alpha value is -3.40. The van der Waals surface area contributed by atoms with Crippen LogP contribution in [0.2, 0.25) is 0 Å². The Morgan fingerprint density at radius 3 is 1.68 bits per heavy atom. The summed E-state index contributed by atoms with van der Waals surface area (Å²) in [4.78, 5) is 81.2. The van der Waals surface area contributed by atoms with Gasteiger partial charge in [-0.2, -0.15) is 11.8 Å². The van der Waals surface area contributed by atoms with Crippen molar-refractivity contribution in [3.63, 3.8) is 0 Å². The molecular formula is C18H28N4O11S. The monoisotopic (exact) mass is 508 g/mol. The van der Waals surface area contributed by atoms with Crippen molar-refractivity contribution in [1.82, 2.24) is 16.0 Å². The van der Waals surface area contributed by atoms with Crippen molar-refractivity contribution in [3.8, 4) is 0 Å². The minimum atomic E-state index is -1.71. The first-order chi connectivity index (χ1) is 15.8. The number of hydrogen-bond acceptors (Lipinski definition) is 9. The van der Waals surface area contributed by atoms with E-state index in [0.717, 1.165) is 0 Å². The third-order valence-electron chi connectivity index (χ3n) is 4.25. The van der Waals surface area contributed by atoms with Crippen molar-refractivity contribution in [2.45, 2.75) is 56.3 Å². The van der Waals surface area contributed by atoms with Gasteiger partial charge in [0.15, 0.2) is 0 Å². The molecule has 4 atom stereocenters. The summed E-state index contributed by atoms with van der Waals surface area (Å²) in [7, 11) is 0. The molecule has 0 fully saturated rings. The summed E-state index contributed by atoms with van der Waals surface area (Å²) < 4.78 is 0. The second-order valence-electron chi connectivity index (χ2n) is 7.04. The van der Waals surface area contributed by atoms with E-state index < -0.39 is 91.4 Å². The van der Waals surface area contributed by atoms with E-state index in [9.17, 15) is 38.7 Å². The zero-order chi connectivity index (χ0) is 26.4. The molecule has 0 saturated carbocycles. The van der Waals surface area contributed by atoms with E-state index in [0.29, 0.717) is 5.75 Å². The van der Waals surface area contributed by atoms with Gasteiger partial charge in [0.1, 0.15) is 18.1 Å². The summed E-state index contributed by atoms with van der Waals surface area (Å²) in [6.07, 6.45) is -0.956. The fraction of sp³-hybridized carbons (Fsp3) is 0.611. The highest BCUT2D eigenvalue weighted by Gasteiger charge is 2.31. The number of nitrogens with two attached hydrogens (primary N) is 1. The van der Waals surface area contributed by atoms with Gasteiger partial charge < -0.3 is 42.1 Å². The highest BCUT2D eigenvalue weighted by atomic mass is 32.2. The van der Waals surface area contributed by atoms with Gasteiger partial charge >= 0.3 is 23.9 Å². The predicted octanol–water partition coefficient (Wildman–Crippen LogP) is -2.58. The lowest BCUT2D eigenvalue weighted by atomic mass is 10.1.